The highest BCUT2D eigenvalue weighted by molar-refractivity contribution is 5.86. The van der Waals surface area contributed by atoms with E-state index in [1.165, 1.54) is 12.1 Å². The van der Waals surface area contributed by atoms with Crippen molar-refractivity contribution in [3.05, 3.63) is 33.9 Å². The molecule has 1 aliphatic heterocycles. The Balaban J connectivity index is 2.22. The Bertz CT molecular complexity index is 628. The average Bonchev–Trinajstić information content (AvgIpc) is 2.62. The van der Waals surface area contributed by atoms with E-state index in [9.17, 15) is 19.7 Å². The molecule has 24 heavy (non-hydrogen) atoms. The molecule has 1 amide bonds. The van der Waals surface area contributed by atoms with Crippen molar-refractivity contribution >= 4 is 23.6 Å². The van der Waals surface area contributed by atoms with Crippen LogP contribution in [0.15, 0.2) is 18.2 Å². The number of nitrogens with zero attached hydrogens (tertiary/aromatic N) is 3. The van der Waals surface area contributed by atoms with Gasteiger partial charge in [0.2, 0.25) is 5.91 Å². The number of nitro benzene ring substituents is 1. The van der Waals surface area contributed by atoms with Gasteiger partial charge in [-0.1, -0.05) is 0 Å². The highest BCUT2D eigenvalue weighted by Gasteiger charge is 2.29. The Morgan fingerprint density at radius 1 is 1.42 bits per heavy atom. The number of non-ortho nitro benzene ring substituents is 1. The van der Waals surface area contributed by atoms with Crippen molar-refractivity contribution < 1.29 is 14.5 Å². The van der Waals surface area contributed by atoms with E-state index in [0.29, 0.717) is 37.2 Å². The SMILES string of the molecule is CCN(CC)C(=O)[C@@H]1CCCN(c2ccc([N+](=O)[O-])cc2C=O)C1. The van der Waals surface area contributed by atoms with Gasteiger partial charge < -0.3 is 9.80 Å². The van der Waals surface area contributed by atoms with E-state index in [2.05, 4.69) is 0 Å². The number of carbonyl (C=O) groups excluding carboxylic acids is 2. The Kier molecular flexibility index (Phi) is 5.89. The van der Waals surface area contributed by atoms with Gasteiger partial charge in [-0.15, -0.1) is 0 Å². The molecular weight excluding hydrogens is 310 g/mol. The van der Waals surface area contributed by atoms with Gasteiger partial charge in [0.1, 0.15) is 0 Å². The van der Waals surface area contributed by atoms with Crippen LogP contribution in [0.2, 0.25) is 0 Å². The molecule has 0 radical (unpaired) electrons. The first-order valence-corrected chi connectivity index (χ1v) is 8.29. The van der Waals surface area contributed by atoms with E-state index in [-0.39, 0.29) is 17.5 Å². The van der Waals surface area contributed by atoms with Gasteiger partial charge in [0.25, 0.3) is 5.69 Å². The molecule has 1 heterocycles. The lowest BCUT2D eigenvalue weighted by Crippen LogP contribution is -2.45. The lowest BCUT2D eigenvalue weighted by molar-refractivity contribution is -0.384. The van der Waals surface area contributed by atoms with Gasteiger partial charge in [-0.25, -0.2) is 0 Å². The van der Waals surface area contributed by atoms with Gasteiger partial charge in [0, 0.05) is 49.6 Å². The molecule has 2 rings (SSSR count). The van der Waals surface area contributed by atoms with E-state index < -0.39 is 4.92 Å². The van der Waals surface area contributed by atoms with Gasteiger partial charge in [-0.05, 0) is 32.8 Å². The predicted octanol–water partition coefficient (Wildman–Crippen LogP) is 2.49. The fourth-order valence-electron chi connectivity index (χ4n) is 3.23. The van der Waals surface area contributed by atoms with Crippen LogP contribution in [0.25, 0.3) is 0 Å². The van der Waals surface area contributed by atoms with Crippen molar-refractivity contribution in [3.63, 3.8) is 0 Å². The standard InChI is InChI=1S/C17H23N3O4/c1-3-18(4-2)17(22)13-6-5-9-19(11-13)16-8-7-15(20(23)24)10-14(16)12-21/h7-8,10,12-13H,3-6,9,11H2,1-2H3/t13-/m1/s1. The highest BCUT2D eigenvalue weighted by atomic mass is 16.6. The normalized spacial score (nSPS) is 17.4. The Labute approximate surface area is 141 Å². The molecule has 1 saturated heterocycles. The first kappa shape index (κ1) is 17.9. The number of benzene rings is 1. The lowest BCUT2D eigenvalue weighted by atomic mass is 9.95. The third kappa shape index (κ3) is 3.72. The lowest BCUT2D eigenvalue weighted by Gasteiger charge is -2.36. The maximum Gasteiger partial charge on any atom is 0.270 e. The Morgan fingerprint density at radius 2 is 2.12 bits per heavy atom. The zero-order valence-electron chi connectivity index (χ0n) is 14.1. The summed E-state index contributed by atoms with van der Waals surface area (Å²) in [6.45, 7) is 6.56. The van der Waals surface area contributed by atoms with Crippen molar-refractivity contribution in [2.45, 2.75) is 26.7 Å². The number of hydrogen-bond acceptors (Lipinski definition) is 5. The first-order chi connectivity index (χ1) is 11.5. The molecule has 7 heteroatoms. The number of hydrogen-bond donors (Lipinski definition) is 0. The monoisotopic (exact) mass is 333 g/mol. The molecule has 0 bridgehead atoms. The number of carbonyl (C=O) groups is 2. The Hall–Kier alpha value is -2.44. The molecule has 0 aliphatic carbocycles. The first-order valence-electron chi connectivity index (χ1n) is 8.29. The average molecular weight is 333 g/mol. The quantitative estimate of drug-likeness (QED) is 0.454. The number of anilines is 1. The maximum absolute atomic E-state index is 12.6. The van der Waals surface area contributed by atoms with E-state index in [1.807, 2.05) is 23.6 Å². The molecular formula is C17H23N3O4. The third-order valence-corrected chi connectivity index (χ3v) is 4.54. The smallest absolute Gasteiger partial charge is 0.270 e. The minimum atomic E-state index is -0.514. The zero-order valence-corrected chi connectivity index (χ0v) is 14.1. The molecule has 1 aromatic rings. The third-order valence-electron chi connectivity index (χ3n) is 4.54. The van der Waals surface area contributed by atoms with Crippen LogP contribution in [0, 0.1) is 16.0 Å². The van der Waals surface area contributed by atoms with E-state index in [4.69, 9.17) is 0 Å². The van der Waals surface area contributed by atoms with Gasteiger partial charge in [0.15, 0.2) is 6.29 Å². The minimum Gasteiger partial charge on any atom is -0.370 e. The fourth-order valence-corrected chi connectivity index (χ4v) is 3.23. The molecule has 7 nitrogen and oxygen atoms in total. The maximum atomic E-state index is 12.6. The molecule has 1 atom stereocenters. The number of amides is 1. The van der Waals surface area contributed by atoms with Crippen molar-refractivity contribution in [3.8, 4) is 0 Å². The van der Waals surface area contributed by atoms with Crippen molar-refractivity contribution in [2.24, 2.45) is 5.92 Å². The fraction of sp³-hybridized carbons (Fsp3) is 0.529. The second-order valence-electron chi connectivity index (χ2n) is 5.91. The molecule has 0 aromatic heterocycles. The molecule has 1 fully saturated rings. The van der Waals surface area contributed by atoms with Crippen LogP contribution < -0.4 is 4.90 Å². The van der Waals surface area contributed by atoms with Crippen LogP contribution in [-0.4, -0.2) is 48.2 Å². The van der Waals surface area contributed by atoms with Crippen molar-refractivity contribution in [1.29, 1.82) is 0 Å². The molecule has 0 spiro atoms. The van der Waals surface area contributed by atoms with Crippen molar-refractivity contribution in [2.75, 3.05) is 31.1 Å². The molecule has 0 N–H and O–H groups in total. The second-order valence-corrected chi connectivity index (χ2v) is 5.91. The zero-order chi connectivity index (χ0) is 17.7. The Morgan fingerprint density at radius 3 is 2.71 bits per heavy atom. The molecule has 1 aliphatic rings. The molecule has 0 saturated carbocycles. The predicted molar refractivity (Wildman–Crippen MR) is 91.3 cm³/mol. The minimum absolute atomic E-state index is 0.103. The van der Waals surface area contributed by atoms with Gasteiger partial charge in [-0.3, -0.25) is 19.7 Å². The van der Waals surface area contributed by atoms with E-state index in [0.717, 1.165) is 19.4 Å². The van der Waals surface area contributed by atoms with Crippen LogP contribution in [0.3, 0.4) is 0 Å². The van der Waals surface area contributed by atoms with Crippen LogP contribution in [-0.2, 0) is 4.79 Å². The molecule has 0 unspecified atom stereocenters. The second kappa shape index (κ2) is 7.90. The molecule has 130 valence electrons. The highest BCUT2D eigenvalue weighted by Crippen LogP contribution is 2.29. The van der Waals surface area contributed by atoms with Crippen LogP contribution >= 0.6 is 0 Å². The number of nitro groups is 1. The van der Waals surface area contributed by atoms with Gasteiger partial charge in [0.05, 0.1) is 10.8 Å². The summed E-state index contributed by atoms with van der Waals surface area (Å²) in [7, 11) is 0. The summed E-state index contributed by atoms with van der Waals surface area (Å²) in [5.74, 6) is 0.0348. The summed E-state index contributed by atoms with van der Waals surface area (Å²) in [6, 6.07) is 4.29. The number of piperidine rings is 1. The van der Waals surface area contributed by atoms with Gasteiger partial charge in [-0.2, -0.15) is 0 Å². The summed E-state index contributed by atoms with van der Waals surface area (Å²) in [6.07, 6.45) is 2.32. The van der Waals surface area contributed by atoms with Crippen LogP contribution in [0.4, 0.5) is 11.4 Å². The summed E-state index contributed by atoms with van der Waals surface area (Å²) in [5.41, 5.74) is 0.849. The number of rotatable bonds is 6. The summed E-state index contributed by atoms with van der Waals surface area (Å²) in [4.78, 5) is 38.1. The summed E-state index contributed by atoms with van der Waals surface area (Å²) in [5, 5.41) is 10.9. The largest absolute Gasteiger partial charge is 0.370 e. The summed E-state index contributed by atoms with van der Waals surface area (Å²) >= 11 is 0. The topological polar surface area (TPSA) is 83.8 Å². The van der Waals surface area contributed by atoms with Crippen LogP contribution in [0.1, 0.15) is 37.0 Å². The van der Waals surface area contributed by atoms with E-state index >= 15 is 0 Å². The number of aldehydes is 1. The van der Waals surface area contributed by atoms with Crippen LogP contribution in [0.5, 0.6) is 0 Å². The van der Waals surface area contributed by atoms with Gasteiger partial charge >= 0.3 is 0 Å². The van der Waals surface area contributed by atoms with Crippen molar-refractivity contribution in [1.82, 2.24) is 4.90 Å². The summed E-state index contributed by atoms with van der Waals surface area (Å²) < 4.78 is 0. The van der Waals surface area contributed by atoms with E-state index in [1.54, 1.807) is 6.07 Å². The molecule has 1 aromatic carbocycles.